The van der Waals surface area contributed by atoms with Gasteiger partial charge in [-0.15, -0.1) is 11.3 Å². The second-order valence-corrected chi connectivity index (χ2v) is 8.25. The number of thiazole rings is 1. The van der Waals surface area contributed by atoms with Crippen LogP contribution in [0.1, 0.15) is 25.3 Å². The number of hydrogen-bond acceptors (Lipinski definition) is 6. The van der Waals surface area contributed by atoms with E-state index in [0.717, 1.165) is 29.1 Å². The van der Waals surface area contributed by atoms with Crippen LogP contribution < -0.4 is 19.7 Å². The highest BCUT2D eigenvalue weighted by Gasteiger charge is 2.28. The van der Waals surface area contributed by atoms with Gasteiger partial charge in [0.15, 0.2) is 6.61 Å². The molecule has 4 rings (SSSR count). The number of nitrogens with one attached hydrogen (secondary N) is 1. The van der Waals surface area contributed by atoms with Crippen LogP contribution in [0.2, 0.25) is 0 Å². The fourth-order valence-electron chi connectivity index (χ4n) is 3.49. The van der Waals surface area contributed by atoms with Gasteiger partial charge in [0, 0.05) is 10.9 Å². The van der Waals surface area contributed by atoms with Crippen molar-refractivity contribution in [2.24, 2.45) is 0 Å². The molecule has 3 aromatic rings. The molecule has 2 aromatic carbocycles. The van der Waals surface area contributed by atoms with E-state index in [-0.39, 0.29) is 25.0 Å². The molecule has 0 spiro atoms. The molecule has 2 heterocycles. The van der Waals surface area contributed by atoms with Crippen LogP contribution in [0.3, 0.4) is 0 Å². The molecule has 0 fully saturated rings. The molecule has 7 nitrogen and oxygen atoms in total. The Morgan fingerprint density at radius 2 is 2.09 bits per heavy atom. The lowest BCUT2D eigenvalue weighted by molar-refractivity contribution is -0.123. The van der Waals surface area contributed by atoms with Crippen LogP contribution in [0.15, 0.2) is 47.8 Å². The van der Waals surface area contributed by atoms with Crippen molar-refractivity contribution in [1.29, 1.82) is 0 Å². The molecule has 0 aliphatic carbocycles. The summed E-state index contributed by atoms with van der Waals surface area (Å²) in [5.74, 6) is 0.570. The number of rotatable bonds is 8. The first-order valence-corrected chi connectivity index (χ1v) is 11.5. The number of para-hydroxylation sites is 2. The Morgan fingerprint density at radius 3 is 2.91 bits per heavy atom. The molecule has 0 bridgehead atoms. The minimum atomic E-state index is -0.317. The lowest BCUT2D eigenvalue weighted by Gasteiger charge is -2.29. The normalized spacial score (nSPS) is 12.8. The highest BCUT2D eigenvalue weighted by atomic mass is 32.1. The van der Waals surface area contributed by atoms with Gasteiger partial charge in [-0.2, -0.15) is 0 Å². The first kappa shape index (κ1) is 21.8. The predicted octanol–water partition coefficient (Wildman–Crippen LogP) is 4.53. The molecule has 1 aliphatic rings. The molecular weight excluding hydrogens is 426 g/mol. The van der Waals surface area contributed by atoms with Gasteiger partial charge in [-0.25, -0.2) is 4.98 Å². The Kier molecular flexibility index (Phi) is 6.70. The van der Waals surface area contributed by atoms with Crippen molar-refractivity contribution < 1.29 is 19.1 Å². The first-order chi connectivity index (χ1) is 15.6. The predicted molar refractivity (Wildman–Crippen MR) is 126 cm³/mol. The zero-order valence-corrected chi connectivity index (χ0v) is 18.9. The fourth-order valence-corrected chi connectivity index (χ4v) is 4.40. The molecule has 0 unspecified atom stereocenters. The number of aromatic nitrogens is 1. The van der Waals surface area contributed by atoms with Crippen molar-refractivity contribution in [3.63, 3.8) is 0 Å². The lowest BCUT2D eigenvalue weighted by atomic mass is 10.1. The summed E-state index contributed by atoms with van der Waals surface area (Å²) in [5.41, 5.74) is 2.87. The number of hydrogen-bond donors (Lipinski definition) is 1. The van der Waals surface area contributed by atoms with E-state index in [4.69, 9.17) is 9.47 Å². The second kappa shape index (κ2) is 9.82. The van der Waals surface area contributed by atoms with E-state index in [1.807, 2.05) is 42.6 Å². The monoisotopic (exact) mass is 451 g/mol. The number of carbonyl (C=O) groups excluding carboxylic acids is 2. The smallest absolute Gasteiger partial charge is 0.265 e. The van der Waals surface area contributed by atoms with Gasteiger partial charge >= 0.3 is 0 Å². The van der Waals surface area contributed by atoms with Gasteiger partial charge in [0.25, 0.3) is 5.91 Å². The highest BCUT2D eigenvalue weighted by Crippen LogP contribution is 2.36. The maximum Gasteiger partial charge on any atom is 0.265 e. The summed E-state index contributed by atoms with van der Waals surface area (Å²) in [6.45, 7) is 4.26. The van der Waals surface area contributed by atoms with Gasteiger partial charge in [-0.1, -0.05) is 19.1 Å². The minimum absolute atomic E-state index is 0.105. The van der Waals surface area contributed by atoms with Crippen LogP contribution in [-0.2, 0) is 16.0 Å². The summed E-state index contributed by atoms with van der Waals surface area (Å²) in [7, 11) is 0. The summed E-state index contributed by atoms with van der Waals surface area (Å²) in [4.78, 5) is 31.6. The van der Waals surface area contributed by atoms with Crippen LogP contribution in [0.25, 0.3) is 11.3 Å². The van der Waals surface area contributed by atoms with Crippen molar-refractivity contribution >= 4 is 34.5 Å². The fraction of sp³-hybridized carbons (Fsp3) is 0.292. The average molecular weight is 452 g/mol. The Morgan fingerprint density at radius 1 is 1.25 bits per heavy atom. The van der Waals surface area contributed by atoms with Crippen molar-refractivity contribution in [2.75, 3.05) is 30.0 Å². The van der Waals surface area contributed by atoms with Crippen molar-refractivity contribution in [2.45, 2.75) is 26.7 Å². The van der Waals surface area contributed by atoms with Crippen molar-refractivity contribution in [3.05, 3.63) is 52.9 Å². The van der Waals surface area contributed by atoms with Crippen molar-refractivity contribution in [3.8, 4) is 22.8 Å². The Labute approximate surface area is 191 Å². The molecular formula is C24H25N3O4S. The van der Waals surface area contributed by atoms with E-state index >= 15 is 0 Å². The molecule has 0 saturated heterocycles. The topological polar surface area (TPSA) is 80.8 Å². The summed E-state index contributed by atoms with van der Waals surface area (Å²) >= 11 is 1.63. The molecule has 0 atom stereocenters. The summed E-state index contributed by atoms with van der Waals surface area (Å²) < 4.78 is 11.2. The minimum Gasteiger partial charge on any atom is -0.492 e. The van der Waals surface area contributed by atoms with Crippen LogP contribution in [-0.4, -0.2) is 36.6 Å². The standard InChI is InChI=1S/C24H25N3O4S/c1-3-7-23-26-18(15-32-23)16-10-11-21-19(12-16)27(24(29)14-31-21)13-22(28)25-17-8-5-6-9-20(17)30-4-2/h5-6,8-12,15H,3-4,7,13-14H2,1-2H3,(H,25,28). The Balaban J connectivity index is 1.56. The van der Waals surface area contributed by atoms with E-state index in [2.05, 4.69) is 17.2 Å². The number of ether oxygens (including phenoxy) is 2. The average Bonchev–Trinajstić information content (AvgIpc) is 3.26. The van der Waals surface area contributed by atoms with Gasteiger partial charge in [0.2, 0.25) is 5.91 Å². The summed E-state index contributed by atoms with van der Waals surface area (Å²) in [5, 5.41) is 5.94. The van der Waals surface area contributed by atoms with Crippen LogP contribution in [0.4, 0.5) is 11.4 Å². The van der Waals surface area contributed by atoms with E-state index in [0.29, 0.717) is 29.5 Å². The third kappa shape index (κ3) is 4.75. The van der Waals surface area contributed by atoms with Gasteiger partial charge < -0.3 is 14.8 Å². The number of anilines is 2. The molecule has 2 amide bonds. The van der Waals surface area contributed by atoms with Gasteiger partial charge in [0.1, 0.15) is 18.0 Å². The van der Waals surface area contributed by atoms with Crippen molar-refractivity contribution in [1.82, 2.24) is 4.98 Å². The van der Waals surface area contributed by atoms with Gasteiger partial charge in [-0.3, -0.25) is 14.5 Å². The third-order valence-corrected chi connectivity index (χ3v) is 5.88. The summed E-state index contributed by atoms with van der Waals surface area (Å²) in [6, 6.07) is 12.8. The largest absolute Gasteiger partial charge is 0.492 e. The number of amides is 2. The second-order valence-electron chi connectivity index (χ2n) is 7.30. The van der Waals surface area contributed by atoms with Gasteiger partial charge in [0.05, 0.1) is 28.7 Å². The highest BCUT2D eigenvalue weighted by molar-refractivity contribution is 7.09. The number of aryl methyl sites for hydroxylation is 1. The molecule has 1 N–H and O–H groups in total. The maximum atomic E-state index is 12.8. The first-order valence-electron chi connectivity index (χ1n) is 10.6. The maximum absolute atomic E-state index is 12.8. The van der Waals surface area contributed by atoms with Gasteiger partial charge in [-0.05, 0) is 50.1 Å². The zero-order valence-electron chi connectivity index (χ0n) is 18.1. The quantitative estimate of drug-likeness (QED) is 0.544. The van der Waals surface area contributed by atoms with E-state index in [9.17, 15) is 9.59 Å². The SMILES string of the molecule is CCCc1nc(-c2ccc3c(c2)N(CC(=O)Nc2ccccc2OCC)C(=O)CO3)cs1. The van der Waals surface area contributed by atoms with Crippen LogP contribution in [0.5, 0.6) is 11.5 Å². The Bertz CT molecular complexity index is 1130. The Hall–Kier alpha value is -3.39. The lowest BCUT2D eigenvalue weighted by Crippen LogP contribution is -2.43. The van der Waals surface area contributed by atoms with E-state index < -0.39 is 0 Å². The number of carbonyl (C=O) groups is 2. The molecule has 1 aromatic heterocycles. The number of fused-ring (bicyclic) bond motifs is 1. The van der Waals surface area contributed by atoms with E-state index in [1.54, 1.807) is 23.5 Å². The molecule has 8 heteroatoms. The molecule has 32 heavy (non-hydrogen) atoms. The molecule has 1 aliphatic heterocycles. The number of nitrogens with zero attached hydrogens (tertiary/aromatic N) is 2. The van der Waals surface area contributed by atoms with E-state index in [1.165, 1.54) is 4.90 Å². The molecule has 0 radical (unpaired) electrons. The number of benzene rings is 2. The summed E-state index contributed by atoms with van der Waals surface area (Å²) in [6.07, 6.45) is 1.97. The molecule has 166 valence electrons. The zero-order chi connectivity index (χ0) is 22.5. The third-order valence-electron chi connectivity index (χ3n) is 4.98. The van der Waals surface area contributed by atoms with Crippen LogP contribution in [0, 0.1) is 0 Å². The molecule has 0 saturated carbocycles. The van der Waals surface area contributed by atoms with Crippen LogP contribution >= 0.6 is 11.3 Å².